The number of hydrogen-bond donors (Lipinski definition) is 1. The minimum atomic E-state index is -0.905. The van der Waals surface area contributed by atoms with Crippen molar-refractivity contribution in [3.05, 3.63) is 35.4 Å². The molecular formula is C11H11NO2. The molecule has 0 aliphatic carbocycles. The van der Waals surface area contributed by atoms with E-state index in [0.29, 0.717) is 24.8 Å². The van der Waals surface area contributed by atoms with E-state index in [2.05, 4.69) is 0 Å². The van der Waals surface area contributed by atoms with Crippen LogP contribution in [0.25, 0.3) is 0 Å². The van der Waals surface area contributed by atoms with Crippen molar-refractivity contribution >= 4 is 5.97 Å². The molecule has 0 unspecified atom stereocenters. The number of benzene rings is 1. The first-order valence-electron chi connectivity index (χ1n) is 4.44. The Balaban J connectivity index is 2.75. The molecule has 14 heavy (non-hydrogen) atoms. The molecule has 0 fully saturated rings. The summed E-state index contributed by atoms with van der Waals surface area (Å²) in [6, 6.07) is 8.94. The van der Waals surface area contributed by atoms with Crippen LogP contribution in [0.3, 0.4) is 0 Å². The van der Waals surface area contributed by atoms with E-state index >= 15 is 0 Å². The summed E-state index contributed by atoms with van der Waals surface area (Å²) in [5, 5.41) is 17.2. The van der Waals surface area contributed by atoms with Crippen molar-refractivity contribution in [1.29, 1.82) is 5.26 Å². The second-order valence-electron chi connectivity index (χ2n) is 2.97. The van der Waals surface area contributed by atoms with Gasteiger partial charge in [0, 0.05) is 6.42 Å². The third-order valence-corrected chi connectivity index (χ3v) is 1.98. The standard InChI is InChI=1S/C11H11NO2/c12-8-4-3-6-9-5-1-2-7-10(9)11(13)14/h1-2,5,7H,3-4,6H2,(H,13,14). The van der Waals surface area contributed by atoms with Gasteiger partial charge < -0.3 is 5.11 Å². The molecule has 0 heterocycles. The number of carboxylic acid groups (broad SMARTS) is 1. The zero-order valence-electron chi connectivity index (χ0n) is 7.73. The minimum absolute atomic E-state index is 0.338. The van der Waals surface area contributed by atoms with E-state index in [1.807, 2.05) is 12.1 Å². The lowest BCUT2D eigenvalue weighted by Gasteiger charge is -2.03. The first-order valence-corrected chi connectivity index (χ1v) is 4.44. The maximum absolute atomic E-state index is 10.8. The molecule has 0 aromatic heterocycles. The molecular weight excluding hydrogens is 178 g/mol. The zero-order chi connectivity index (χ0) is 10.4. The lowest BCUT2D eigenvalue weighted by molar-refractivity contribution is 0.0695. The highest BCUT2D eigenvalue weighted by molar-refractivity contribution is 5.89. The smallest absolute Gasteiger partial charge is 0.335 e. The molecule has 1 rings (SSSR count). The van der Waals surface area contributed by atoms with Crippen molar-refractivity contribution in [2.24, 2.45) is 0 Å². The van der Waals surface area contributed by atoms with Gasteiger partial charge in [-0.1, -0.05) is 18.2 Å². The van der Waals surface area contributed by atoms with Gasteiger partial charge in [0.1, 0.15) is 0 Å². The predicted molar refractivity (Wildman–Crippen MR) is 52.0 cm³/mol. The average Bonchev–Trinajstić information content (AvgIpc) is 2.19. The molecule has 0 bridgehead atoms. The van der Waals surface area contributed by atoms with Gasteiger partial charge in [0.2, 0.25) is 0 Å². The highest BCUT2D eigenvalue weighted by Crippen LogP contribution is 2.11. The number of unbranched alkanes of at least 4 members (excludes halogenated alkanes) is 1. The van der Waals surface area contributed by atoms with E-state index in [-0.39, 0.29) is 0 Å². The molecule has 1 N–H and O–H groups in total. The predicted octanol–water partition coefficient (Wildman–Crippen LogP) is 2.23. The topological polar surface area (TPSA) is 61.1 Å². The maximum atomic E-state index is 10.8. The van der Waals surface area contributed by atoms with Crippen LogP contribution in [0.4, 0.5) is 0 Å². The van der Waals surface area contributed by atoms with E-state index in [1.54, 1.807) is 18.2 Å². The SMILES string of the molecule is N#CCCCc1ccccc1C(=O)O. The third-order valence-electron chi connectivity index (χ3n) is 1.98. The maximum Gasteiger partial charge on any atom is 0.335 e. The number of hydrogen-bond acceptors (Lipinski definition) is 2. The van der Waals surface area contributed by atoms with Crippen LogP contribution in [0.2, 0.25) is 0 Å². The quantitative estimate of drug-likeness (QED) is 0.739. The van der Waals surface area contributed by atoms with Crippen molar-refractivity contribution in [3.63, 3.8) is 0 Å². The Morgan fingerprint density at radius 2 is 2.14 bits per heavy atom. The molecule has 0 amide bonds. The Morgan fingerprint density at radius 1 is 1.43 bits per heavy atom. The summed E-state index contributed by atoms with van der Waals surface area (Å²) in [7, 11) is 0. The Kier molecular flexibility index (Phi) is 3.69. The lowest BCUT2D eigenvalue weighted by atomic mass is 10.0. The fourth-order valence-electron chi connectivity index (χ4n) is 1.30. The summed E-state index contributed by atoms with van der Waals surface area (Å²) in [4.78, 5) is 10.8. The molecule has 3 heteroatoms. The number of aromatic carboxylic acids is 1. The number of carbonyl (C=O) groups is 1. The summed E-state index contributed by atoms with van der Waals surface area (Å²) in [5.41, 5.74) is 1.14. The Labute approximate surface area is 82.6 Å². The van der Waals surface area contributed by atoms with Gasteiger partial charge in [0.05, 0.1) is 11.6 Å². The monoisotopic (exact) mass is 189 g/mol. The second kappa shape index (κ2) is 5.03. The van der Waals surface area contributed by atoms with Gasteiger partial charge in [0.25, 0.3) is 0 Å². The van der Waals surface area contributed by atoms with E-state index in [0.717, 1.165) is 5.56 Å². The van der Waals surface area contributed by atoms with Crippen LogP contribution in [0.1, 0.15) is 28.8 Å². The van der Waals surface area contributed by atoms with Gasteiger partial charge in [-0.3, -0.25) is 0 Å². The van der Waals surface area contributed by atoms with Gasteiger partial charge in [-0.2, -0.15) is 5.26 Å². The van der Waals surface area contributed by atoms with Gasteiger partial charge >= 0.3 is 5.97 Å². The van der Waals surface area contributed by atoms with Crippen LogP contribution in [0.15, 0.2) is 24.3 Å². The molecule has 1 aromatic rings. The molecule has 0 atom stereocenters. The fourth-order valence-corrected chi connectivity index (χ4v) is 1.30. The first-order chi connectivity index (χ1) is 6.75. The highest BCUT2D eigenvalue weighted by atomic mass is 16.4. The lowest BCUT2D eigenvalue weighted by Crippen LogP contribution is -2.01. The number of aryl methyl sites for hydroxylation is 1. The van der Waals surface area contributed by atoms with Crippen molar-refractivity contribution in [1.82, 2.24) is 0 Å². The number of nitriles is 1. The number of rotatable bonds is 4. The van der Waals surface area contributed by atoms with Gasteiger partial charge in [-0.05, 0) is 24.5 Å². The van der Waals surface area contributed by atoms with Gasteiger partial charge in [-0.25, -0.2) is 4.79 Å². The Bertz CT molecular complexity index is 366. The van der Waals surface area contributed by atoms with Crippen LogP contribution in [-0.4, -0.2) is 11.1 Å². The van der Waals surface area contributed by atoms with E-state index in [4.69, 9.17) is 10.4 Å². The third kappa shape index (κ3) is 2.60. The van der Waals surface area contributed by atoms with Crippen molar-refractivity contribution in [2.45, 2.75) is 19.3 Å². The van der Waals surface area contributed by atoms with Gasteiger partial charge in [0.15, 0.2) is 0 Å². The van der Waals surface area contributed by atoms with Crippen LogP contribution in [0.5, 0.6) is 0 Å². The molecule has 1 aromatic carbocycles. The van der Waals surface area contributed by atoms with Crippen molar-refractivity contribution in [3.8, 4) is 6.07 Å². The summed E-state index contributed by atoms with van der Waals surface area (Å²) in [6.45, 7) is 0. The molecule has 0 saturated carbocycles. The summed E-state index contributed by atoms with van der Waals surface area (Å²) < 4.78 is 0. The first kappa shape index (κ1) is 10.3. The van der Waals surface area contributed by atoms with Crippen LogP contribution >= 0.6 is 0 Å². The van der Waals surface area contributed by atoms with E-state index < -0.39 is 5.97 Å². The zero-order valence-corrected chi connectivity index (χ0v) is 7.73. The van der Waals surface area contributed by atoms with Crippen LogP contribution < -0.4 is 0 Å². The summed E-state index contributed by atoms with van der Waals surface area (Å²) in [5.74, 6) is -0.905. The summed E-state index contributed by atoms with van der Waals surface area (Å²) >= 11 is 0. The van der Waals surface area contributed by atoms with E-state index in [9.17, 15) is 4.79 Å². The normalized spacial score (nSPS) is 9.36. The van der Waals surface area contributed by atoms with E-state index in [1.165, 1.54) is 0 Å². The molecule has 0 saturated heterocycles. The molecule has 0 spiro atoms. The van der Waals surface area contributed by atoms with Crippen molar-refractivity contribution in [2.75, 3.05) is 0 Å². The fraction of sp³-hybridized carbons (Fsp3) is 0.273. The molecule has 0 aliphatic rings. The minimum Gasteiger partial charge on any atom is -0.478 e. The van der Waals surface area contributed by atoms with Crippen LogP contribution in [0, 0.1) is 11.3 Å². The van der Waals surface area contributed by atoms with Crippen LogP contribution in [-0.2, 0) is 6.42 Å². The number of nitrogens with zero attached hydrogens (tertiary/aromatic N) is 1. The highest BCUT2D eigenvalue weighted by Gasteiger charge is 2.07. The molecule has 0 aliphatic heterocycles. The molecule has 3 nitrogen and oxygen atoms in total. The molecule has 72 valence electrons. The summed E-state index contributed by atoms with van der Waals surface area (Å²) in [6.07, 6.45) is 1.82. The largest absolute Gasteiger partial charge is 0.478 e. The average molecular weight is 189 g/mol. The molecule has 0 radical (unpaired) electrons. The Hall–Kier alpha value is -1.82. The van der Waals surface area contributed by atoms with Crippen molar-refractivity contribution < 1.29 is 9.90 Å². The van der Waals surface area contributed by atoms with Gasteiger partial charge in [-0.15, -0.1) is 0 Å². The Morgan fingerprint density at radius 3 is 2.79 bits per heavy atom. The number of carboxylic acids is 1. The second-order valence-corrected chi connectivity index (χ2v) is 2.97.